The van der Waals surface area contributed by atoms with E-state index in [1.54, 1.807) is 0 Å². The minimum atomic E-state index is 0.997. The van der Waals surface area contributed by atoms with Gasteiger partial charge in [-0.3, -0.25) is 0 Å². The van der Waals surface area contributed by atoms with E-state index < -0.39 is 0 Å². The van der Waals surface area contributed by atoms with Gasteiger partial charge in [0.25, 0.3) is 0 Å². The highest BCUT2D eigenvalue weighted by Gasteiger charge is 1.97. The smallest absolute Gasteiger partial charge is 0.0466 e. The van der Waals surface area contributed by atoms with Gasteiger partial charge < -0.3 is 4.74 Å². The maximum absolute atomic E-state index is 5.88. The number of ether oxygens (including phenoxy) is 1. The first-order valence-electron chi connectivity index (χ1n) is 19.5. The Morgan fingerprint density at radius 2 is 0.350 bits per heavy atom. The van der Waals surface area contributed by atoms with Gasteiger partial charge >= 0.3 is 0 Å². The molecule has 0 aliphatic heterocycles. The molecule has 0 heterocycles. The summed E-state index contributed by atoms with van der Waals surface area (Å²) in [5, 5.41) is 0. The first-order valence-corrected chi connectivity index (χ1v) is 19.5. The molecule has 0 N–H and O–H groups in total. The Labute approximate surface area is 256 Å². The van der Waals surface area contributed by atoms with Gasteiger partial charge in [-0.25, -0.2) is 0 Å². The lowest BCUT2D eigenvalue weighted by molar-refractivity contribution is 0.125. The SMILES string of the molecule is CCCCCCCCCCCCCCCCCCCCCCCCOCCCCCCCCCCCCCCC. The molecule has 40 heavy (non-hydrogen) atoms. The molecule has 1 nitrogen and oxygen atoms in total. The summed E-state index contributed by atoms with van der Waals surface area (Å²) in [5.41, 5.74) is 0. The van der Waals surface area contributed by atoms with E-state index >= 15 is 0 Å². The van der Waals surface area contributed by atoms with E-state index in [9.17, 15) is 0 Å². The molecular formula is C39H80O. The summed E-state index contributed by atoms with van der Waals surface area (Å²) in [6.45, 7) is 6.60. The van der Waals surface area contributed by atoms with Crippen molar-refractivity contribution in [2.24, 2.45) is 0 Å². The van der Waals surface area contributed by atoms with Crippen molar-refractivity contribution in [3.63, 3.8) is 0 Å². The highest BCUT2D eigenvalue weighted by molar-refractivity contribution is 4.52. The molecule has 0 aromatic rings. The fourth-order valence-corrected chi connectivity index (χ4v) is 6.14. The van der Waals surface area contributed by atoms with Gasteiger partial charge in [0.15, 0.2) is 0 Å². The third-order valence-corrected chi connectivity index (χ3v) is 9.03. The Hall–Kier alpha value is -0.0400. The van der Waals surface area contributed by atoms with E-state index in [-0.39, 0.29) is 0 Å². The predicted octanol–water partition coefficient (Wildman–Crippen LogP) is 14.7. The highest BCUT2D eigenvalue weighted by Crippen LogP contribution is 2.16. The monoisotopic (exact) mass is 565 g/mol. The summed E-state index contributed by atoms with van der Waals surface area (Å²) < 4.78 is 5.88. The third-order valence-electron chi connectivity index (χ3n) is 9.03. The third kappa shape index (κ3) is 38.0. The Morgan fingerprint density at radius 1 is 0.200 bits per heavy atom. The summed E-state index contributed by atoms with van der Waals surface area (Å²) in [5.74, 6) is 0. The number of hydrogen-bond donors (Lipinski definition) is 0. The van der Waals surface area contributed by atoms with Crippen molar-refractivity contribution in [1.29, 1.82) is 0 Å². The van der Waals surface area contributed by atoms with E-state index in [1.165, 1.54) is 225 Å². The first-order chi connectivity index (χ1) is 19.9. The van der Waals surface area contributed by atoms with E-state index in [4.69, 9.17) is 4.74 Å². The lowest BCUT2D eigenvalue weighted by atomic mass is 10.0. The van der Waals surface area contributed by atoms with Gasteiger partial charge in [0.05, 0.1) is 0 Å². The second-order valence-corrected chi connectivity index (χ2v) is 13.3. The minimum absolute atomic E-state index is 0.997. The van der Waals surface area contributed by atoms with E-state index in [2.05, 4.69) is 13.8 Å². The standard InChI is InChI=1S/C39H80O/c1-3-5-7-9-11-13-15-17-18-19-20-21-22-23-24-25-27-29-31-33-35-37-39-40-38-36-34-32-30-28-26-16-14-12-10-8-6-4-2/h3-39H2,1-2H3. The molecule has 0 spiro atoms. The van der Waals surface area contributed by atoms with Crippen LogP contribution in [-0.2, 0) is 4.74 Å². The zero-order valence-electron chi connectivity index (χ0n) is 28.6. The van der Waals surface area contributed by atoms with E-state index in [0.717, 1.165) is 13.2 Å². The maximum atomic E-state index is 5.88. The molecule has 0 bridgehead atoms. The van der Waals surface area contributed by atoms with Crippen LogP contribution in [0.3, 0.4) is 0 Å². The average Bonchev–Trinajstić information content (AvgIpc) is 2.97. The zero-order valence-corrected chi connectivity index (χ0v) is 28.6. The van der Waals surface area contributed by atoms with Crippen LogP contribution in [0, 0.1) is 0 Å². The van der Waals surface area contributed by atoms with Crippen LogP contribution in [0.1, 0.15) is 239 Å². The number of hydrogen-bond acceptors (Lipinski definition) is 1. The Kier molecular flexibility index (Phi) is 38.9. The van der Waals surface area contributed by atoms with Crippen molar-refractivity contribution < 1.29 is 4.74 Å². The highest BCUT2D eigenvalue weighted by atomic mass is 16.5. The molecule has 0 amide bonds. The topological polar surface area (TPSA) is 9.23 Å². The lowest BCUT2D eigenvalue weighted by Gasteiger charge is -2.06. The molecule has 0 aromatic carbocycles. The van der Waals surface area contributed by atoms with Crippen molar-refractivity contribution in [3.8, 4) is 0 Å². The normalized spacial score (nSPS) is 11.6. The molecule has 0 aromatic heterocycles. The molecule has 0 aliphatic rings. The summed E-state index contributed by atoms with van der Waals surface area (Å²) in [7, 11) is 0. The molecule has 0 aliphatic carbocycles. The zero-order chi connectivity index (χ0) is 28.9. The van der Waals surface area contributed by atoms with Crippen LogP contribution in [0.4, 0.5) is 0 Å². The molecule has 1 heteroatoms. The van der Waals surface area contributed by atoms with Gasteiger partial charge in [-0.1, -0.05) is 226 Å². The molecule has 0 saturated carbocycles. The van der Waals surface area contributed by atoms with Crippen LogP contribution >= 0.6 is 0 Å². The Morgan fingerprint density at radius 3 is 0.525 bits per heavy atom. The Balaban J connectivity index is 3.01. The van der Waals surface area contributed by atoms with Crippen LogP contribution < -0.4 is 0 Å². The molecule has 242 valence electrons. The summed E-state index contributed by atoms with van der Waals surface area (Å²) in [6.07, 6.45) is 50.5. The van der Waals surface area contributed by atoms with E-state index in [1.807, 2.05) is 0 Å². The van der Waals surface area contributed by atoms with E-state index in [0.29, 0.717) is 0 Å². The number of rotatable bonds is 37. The van der Waals surface area contributed by atoms with Crippen molar-refractivity contribution >= 4 is 0 Å². The molecule has 0 rings (SSSR count). The van der Waals surface area contributed by atoms with Gasteiger partial charge in [-0.15, -0.1) is 0 Å². The van der Waals surface area contributed by atoms with Crippen LogP contribution in [-0.4, -0.2) is 13.2 Å². The quantitative estimate of drug-likeness (QED) is 0.0682. The molecular weight excluding hydrogens is 484 g/mol. The first kappa shape index (κ1) is 40.0. The van der Waals surface area contributed by atoms with Crippen molar-refractivity contribution in [2.45, 2.75) is 239 Å². The molecule has 0 fully saturated rings. The van der Waals surface area contributed by atoms with Gasteiger partial charge in [-0.2, -0.15) is 0 Å². The second kappa shape index (κ2) is 39.0. The number of unbranched alkanes of at least 4 members (excludes halogenated alkanes) is 33. The minimum Gasteiger partial charge on any atom is -0.381 e. The predicted molar refractivity (Wildman–Crippen MR) is 184 cm³/mol. The fraction of sp³-hybridized carbons (Fsp3) is 1.00. The summed E-state index contributed by atoms with van der Waals surface area (Å²) in [6, 6.07) is 0. The van der Waals surface area contributed by atoms with Crippen LogP contribution in [0.5, 0.6) is 0 Å². The summed E-state index contributed by atoms with van der Waals surface area (Å²) in [4.78, 5) is 0. The second-order valence-electron chi connectivity index (χ2n) is 13.3. The van der Waals surface area contributed by atoms with Crippen LogP contribution in [0.2, 0.25) is 0 Å². The van der Waals surface area contributed by atoms with Crippen molar-refractivity contribution in [3.05, 3.63) is 0 Å². The Bertz CT molecular complexity index is 368. The molecule has 0 unspecified atom stereocenters. The fourth-order valence-electron chi connectivity index (χ4n) is 6.14. The maximum Gasteiger partial charge on any atom is 0.0466 e. The molecule has 0 saturated heterocycles. The van der Waals surface area contributed by atoms with Gasteiger partial charge in [0, 0.05) is 13.2 Å². The van der Waals surface area contributed by atoms with Gasteiger partial charge in [0.2, 0.25) is 0 Å². The van der Waals surface area contributed by atoms with Crippen LogP contribution in [0.25, 0.3) is 0 Å². The van der Waals surface area contributed by atoms with Crippen molar-refractivity contribution in [2.75, 3.05) is 13.2 Å². The molecule has 0 radical (unpaired) electrons. The lowest BCUT2D eigenvalue weighted by Crippen LogP contribution is -1.97. The van der Waals surface area contributed by atoms with Crippen molar-refractivity contribution in [1.82, 2.24) is 0 Å². The van der Waals surface area contributed by atoms with Gasteiger partial charge in [-0.05, 0) is 12.8 Å². The molecule has 0 atom stereocenters. The average molecular weight is 565 g/mol. The largest absolute Gasteiger partial charge is 0.381 e. The van der Waals surface area contributed by atoms with Gasteiger partial charge in [0.1, 0.15) is 0 Å². The summed E-state index contributed by atoms with van der Waals surface area (Å²) >= 11 is 0. The van der Waals surface area contributed by atoms with Crippen LogP contribution in [0.15, 0.2) is 0 Å².